The van der Waals surface area contributed by atoms with Crippen molar-refractivity contribution in [3.8, 4) is 5.75 Å². The molecule has 0 spiro atoms. The van der Waals surface area contributed by atoms with Gasteiger partial charge in [-0.3, -0.25) is 0 Å². The van der Waals surface area contributed by atoms with Crippen LogP contribution in [0.2, 0.25) is 0 Å². The molecular formula is C17H22N2O. The minimum Gasteiger partial charge on any atom is -0.493 e. The lowest BCUT2D eigenvalue weighted by Gasteiger charge is -2.11. The Morgan fingerprint density at radius 1 is 1.10 bits per heavy atom. The summed E-state index contributed by atoms with van der Waals surface area (Å²) >= 11 is 0. The zero-order chi connectivity index (χ0) is 14.2. The summed E-state index contributed by atoms with van der Waals surface area (Å²) in [6.45, 7) is 3.68. The molecule has 3 nitrogen and oxygen atoms in total. The maximum absolute atomic E-state index is 5.89. The second-order valence-corrected chi connectivity index (χ2v) is 4.80. The summed E-state index contributed by atoms with van der Waals surface area (Å²) < 4.78 is 5.62. The molecule has 0 amide bonds. The maximum atomic E-state index is 5.89. The third-order valence-electron chi connectivity index (χ3n) is 2.99. The molecule has 0 unspecified atom stereocenters. The highest BCUT2D eigenvalue weighted by atomic mass is 16.5. The highest BCUT2D eigenvalue weighted by Crippen LogP contribution is 2.22. The minimum absolute atomic E-state index is 0.715. The fourth-order valence-electron chi connectivity index (χ4n) is 2.02. The summed E-state index contributed by atoms with van der Waals surface area (Å²) in [5, 5.41) is 3.39. The number of anilines is 2. The molecule has 0 aromatic heterocycles. The van der Waals surface area contributed by atoms with Crippen molar-refractivity contribution in [2.45, 2.75) is 19.8 Å². The van der Waals surface area contributed by atoms with Gasteiger partial charge in [-0.1, -0.05) is 37.3 Å². The average molecular weight is 270 g/mol. The summed E-state index contributed by atoms with van der Waals surface area (Å²) in [5.74, 6) is 0.828. The molecule has 0 radical (unpaired) electrons. The van der Waals surface area contributed by atoms with Crippen LogP contribution in [0.3, 0.4) is 0 Å². The second kappa shape index (κ2) is 7.43. The standard InChI is InChI=1S/C17H22N2O/c1-2-10-20-17-12-15(18)11-16(13-17)19-9-8-14-6-4-3-5-7-14/h3-7,11-13,19H,2,8-10,18H2,1H3. The molecule has 0 saturated carbocycles. The van der Waals surface area contributed by atoms with Gasteiger partial charge in [0, 0.05) is 30.1 Å². The van der Waals surface area contributed by atoms with Crippen LogP contribution in [-0.4, -0.2) is 13.2 Å². The van der Waals surface area contributed by atoms with Crippen LogP contribution in [0.5, 0.6) is 5.75 Å². The van der Waals surface area contributed by atoms with Gasteiger partial charge in [0.2, 0.25) is 0 Å². The monoisotopic (exact) mass is 270 g/mol. The van der Waals surface area contributed by atoms with Crippen molar-refractivity contribution in [3.05, 3.63) is 54.1 Å². The Morgan fingerprint density at radius 2 is 1.90 bits per heavy atom. The predicted octanol–water partition coefficient (Wildman–Crippen LogP) is 3.71. The van der Waals surface area contributed by atoms with Crippen LogP contribution in [0.1, 0.15) is 18.9 Å². The van der Waals surface area contributed by atoms with Gasteiger partial charge in [-0.2, -0.15) is 0 Å². The number of benzene rings is 2. The first-order valence-corrected chi connectivity index (χ1v) is 7.09. The molecule has 0 aliphatic heterocycles. The zero-order valence-corrected chi connectivity index (χ0v) is 11.9. The number of hydrogen-bond donors (Lipinski definition) is 2. The Hall–Kier alpha value is -2.16. The van der Waals surface area contributed by atoms with E-state index in [1.807, 2.05) is 24.3 Å². The van der Waals surface area contributed by atoms with E-state index in [4.69, 9.17) is 10.5 Å². The van der Waals surface area contributed by atoms with Crippen molar-refractivity contribution < 1.29 is 4.74 Å². The molecule has 3 N–H and O–H groups in total. The van der Waals surface area contributed by atoms with Gasteiger partial charge in [0.25, 0.3) is 0 Å². The van der Waals surface area contributed by atoms with Crippen molar-refractivity contribution in [3.63, 3.8) is 0 Å². The van der Waals surface area contributed by atoms with Crippen LogP contribution in [-0.2, 0) is 6.42 Å². The lowest BCUT2D eigenvalue weighted by molar-refractivity contribution is 0.318. The molecule has 2 aromatic rings. The molecule has 2 aromatic carbocycles. The van der Waals surface area contributed by atoms with E-state index in [2.05, 4.69) is 36.5 Å². The van der Waals surface area contributed by atoms with Crippen LogP contribution in [0.15, 0.2) is 48.5 Å². The first kappa shape index (κ1) is 14.3. The summed E-state index contributed by atoms with van der Waals surface area (Å²) in [7, 11) is 0. The van der Waals surface area contributed by atoms with Gasteiger partial charge in [-0.05, 0) is 24.5 Å². The molecule has 0 bridgehead atoms. The van der Waals surface area contributed by atoms with E-state index < -0.39 is 0 Å². The highest BCUT2D eigenvalue weighted by molar-refractivity contribution is 5.59. The fourth-order valence-corrected chi connectivity index (χ4v) is 2.02. The van der Waals surface area contributed by atoms with Crippen LogP contribution < -0.4 is 15.8 Å². The molecule has 3 heteroatoms. The SMILES string of the molecule is CCCOc1cc(N)cc(NCCc2ccccc2)c1. The molecule has 0 fully saturated rings. The van der Waals surface area contributed by atoms with E-state index in [1.165, 1.54) is 5.56 Å². The minimum atomic E-state index is 0.715. The number of nitrogens with two attached hydrogens (primary N) is 1. The van der Waals surface area contributed by atoms with Gasteiger partial charge in [-0.15, -0.1) is 0 Å². The third kappa shape index (κ3) is 4.50. The van der Waals surface area contributed by atoms with Crippen molar-refractivity contribution in [2.24, 2.45) is 0 Å². The van der Waals surface area contributed by atoms with E-state index in [1.54, 1.807) is 0 Å². The van der Waals surface area contributed by atoms with Crippen LogP contribution >= 0.6 is 0 Å². The number of nitrogens with one attached hydrogen (secondary N) is 1. The van der Waals surface area contributed by atoms with E-state index >= 15 is 0 Å². The first-order chi connectivity index (χ1) is 9.78. The van der Waals surface area contributed by atoms with Gasteiger partial charge < -0.3 is 15.8 Å². The molecule has 2 rings (SSSR count). The third-order valence-corrected chi connectivity index (χ3v) is 2.99. The molecule has 106 valence electrons. The zero-order valence-electron chi connectivity index (χ0n) is 11.9. The van der Waals surface area contributed by atoms with Crippen LogP contribution in [0, 0.1) is 0 Å². The van der Waals surface area contributed by atoms with Crippen molar-refractivity contribution in [1.82, 2.24) is 0 Å². The quantitative estimate of drug-likeness (QED) is 0.754. The lowest BCUT2D eigenvalue weighted by Crippen LogP contribution is -2.06. The summed E-state index contributed by atoms with van der Waals surface area (Å²) in [6.07, 6.45) is 1.98. The maximum Gasteiger partial charge on any atom is 0.123 e. The molecule has 0 heterocycles. The average Bonchev–Trinajstić information content (AvgIpc) is 2.46. The second-order valence-electron chi connectivity index (χ2n) is 4.80. The number of rotatable bonds is 7. The van der Waals surface area contributed by atoms with E-state index in [9.17, 15) is 0 Å². The highest BCUT2D eigenvalue weighted by Gasteiger charge is 2.00. The molecule has 20 heavy (non-hydrogen) atoms. The number of ether oxygens (including phenoxy) is 1. The largest absolute Gasteiger partial charge is 0.493 e. The summed E-state index contributed by atoms with van der Waals surface area (Å²) in [6, 6.07) is 16.2. The topological polar surface area (TPSA) is 47.3 Å². The fraction of sp³-hybridized carbons (Fsp3) is 0.294. The van der Waals surface area contributed by atoms with Crippen molar-refractivity contribution in [2.75, 3.05) is 24.2 Å². The van der Waals surface area contributed by atoms with E-state index in [0.29, 0.717) is 6.61 Å². The van der Waals surface area contributed by atoms with Crippen molar-refractivity contribution in [1.29, 1.82) is 0 Å². The Labute approximate surface area is 120 Å². The summed E-state index contributed by atoms with van der Waals surface area (Å²) in [4.78, 5) is 0. The van der Waals surface area contributed by atoms with Gasteiger partial charge in [0.05, 0.1) is 6.61 Å². The molecule has 0 atom stereocenters. The Kier molecular flexibility index (Phi) is 5.30. The van der Waals surface area contributed by atoms with Gasteiger partial charge in [0.1, 0.15) is 5.75 Å². The van der Waals surface area contributed by atoms with Crippen LogP contribution in [0.25, 0.3) is 0 Å². The molecule has 0 saturated heterocycles. The van der Waals surface area contributed by atoms with Gasteiger partial charge in [0.15, 0.2) is 0 Å². The molecular weight excluding hydrogens is 248 g/mol. The predicted molar refractivity (Wildman–Crippen MR) is 85.3 cm³/mol. The van der Waals surface area contributed by atoms with Crippen LogP contribution in [0.4, 0.5) is 11.4 Å². The molecule has 0 aliphatic carbocycles. The van der Waals surface area contributed by atoms with Gasteiger partial charge >= 0.3 is 0 Å². The first-order valence-electron chi connectivity index (χ1n) is 7.09. The number of nitrogen functional groups attached to an aromatic ring is 1. The normalized spacial score (nSPS) is 10.2. The molecule has 0 aliphatic rings. The van der Waals surface area contributed by atoms with E-state index in [0.717, 1.165) is 36.5 Å². The summed E-state index contributed by atoms with van der Waals surface area (Å²) in [5.41, 5.74) is 8.95. The lowest BCUT2D eigenvalue weighted by atomic mass is 10.1. The van der Waals surface area contributed by atoms with Crippen molar-refractivity contribution >= 4 is 11.4 Å². The smallest absolute Gasteiger partial charge is 0.123 e. The number of hydrogen-bond acceptors (Lipinski definition) is 3. The van der Waals surface area contributed by atoms with Gasteiger partial charge in [-0.25, -0.2) is 0 Å². The Bertz CT molecular complexity index is 526. The van der Waals surface area contributed by atoms with E-state index in [-0.39, 0.29) is 0 Å². The Morgan fingerprint density at radius 3 is 2.65 bits per heavy atom. The Balaban J connectivity index is 1.90.